The molecule has 2 fully saturated rings. The normalized spacial score (nSPS) is 20.4. The Morgan fingerprint density at radius 2 is 0.529 bits per heavy atom. The van der Waals surface area contributed by atoms with Crippen molar-refractivity contribution in [2.45, 2.75) is 77.0 Å². The van der Waals surface area contributed by atoms with Gasteiger partial charge in [-0.05, 0) is 0 Å². The van der Waals surface area contributed by atoms with Crippen LogP contribution < -0.4 is 0 Å². The molecule has 0 spiro atoms. The van der Waals surface area contributed by atoms with Crippen LogP contribution in [0.3, 0.4) is 0 Å². The summed E-state index contributed by atoms with van der Waals surface area (Å²) in [5.74, 6) is 0. The van der Waals surface area contributed by atoms with Crippen molar-refractivity contribution in [3.63, 3.8) is 0 Å². The van der Waals surface area contributed by atoms with Gasteiger partial charge in [0.1, 0.15) is 0 Å². The molecule has 104 valence electrons. The first-order valence-corrected chi connectivity index (χ1v) is 8.35. The summed E-state index contributed by atoms with van der Waals surface area (Å²) in [7, 11) is -4.64. The Hall–Kier alpha value is 0.110. The molecular weight excluding hydrogens is 239 g/mol. The third-order valence-corrected chi connectivity index (χ3v) is 3.00. The van der Waals surface area contributed by atoms with Crippen molar-refractivity contribution in [1.82, 2.24) is 0 Å². The zero-order chi connectivity index (χ0) is 13.0. The van der Waals surface area contributed by atoms with Gasteiger partial charge in [0.05, 0.1) is 0 Å². The molecule has 0 heterocycles. The minimum absolute atomic E-state index is 1.50. The van der Waals surface area contributed by atoms with Gasteiger partial charge in [0, 0.05) is 0 Å². The monoisotopic (exact) mass is 266 g/mol. The highest BCUT2D eigenvalue weighted by atomic mass is 31.2. The third kappa shape index (κ3) is 21.9. The van der Waals surface area contributed by atoms with Gasteiger partial charge in [-0.2, -0.15) is 0 Å². The van der Waals surface area contributed by atoms with Crippen LogP contribution in [0.2, 0.25) is 0 Å². The van der Waals surface area contributed by atoms with Crippen LogP contribution in [0.25, 0.3) is 0 Å². The standard InChI is InChI=1S/2C6H12.H3O4P/c2*1-2-4-6-5-3-1;1-5(2,3)4/h2*1-6H2;(H3,1,2,3,4). The van der Waals surface area contributed by atoms with Crippen LogP contribution >= 0.6 is 7.82 Å². The Labute approximate surface area is 105 Å². The predicted molar refractivity (Wildman–Crippen MR) is 69.7 cm³/mol. The van der Waals surface area contributed by atoms with Gasteiger partial charge in [-0.3, -0.25) is 0 Å². The number of hydrogen-bond acceptors (Lipinski definition) is 1. The zero-order valence-electron chi connectivity index (χ0n) is 10.7. The van der Waals surface area contributed by atoms with Crippen LogP contribution in [0.1, 0.15) is 77.0 Å². The predicted octanol–water partition coefficient (Wildman–Crippen LogP) is 3.75. The molecule has 17 heavy (non-hydrogen) atoms. The van der Waals surface area contributed by atoms with Crippen LogP contribution in [0.5, 0.6) is 0 Å². The van der Waals surface area contributed by atoms with Crippen LogP contribution in [0, 0.1) is 0 Å². The average molecular weight is 266 g/mol. The second-order valence-electron chi connectivity index (χ2n) is 4.76. The van der Waals surface area contributed by atoms with E-state index in [9.17, 15) is 0 Å². The molecule has 0 aliphatic heterocycles. The summed E-state index contributed by atoms with van der Waals surface area (Å²) in [5, 5.41) is 0. The number of rotatable bonds is 0. The number of hydrogen-bond donors (Lipinski definition) is 3. The van der Waals surface area contributed by atoms with Crippen molar-refractivity contribution in [2.24, 2.45) is 0 Å². The summed E-state index contributed by atoms with van der Waals surface area (Å²) in [6.45, 7) is 0. The van der Waals surface area contributed by atoms with Gasteiger partial charge >= 0.3 is 7.82 Å². The second kappa shape index (κ2) is 11.2. The molecule has 0 unspecified atom stereocenters. The fourth-order valence-electron chi connectivity index (χ4n) is 2.12. The molecule has 4 nitrogen and oxygen atoms in total. The van der Waals surface area contributed by atoms with Gasteiger partial charge < -0.3 is 14.7 Å². The highest BCUT2D eigenvalue weighted by molar-refractivity contribution is 7.45. The lowest BCUT2D eigenvalue weighted by Crippen LogP contribution is -1.85. The Kier molecular flexibility index (Phi) is 11.3. The fraction of sp³-hybridized carbons (Fsp3) is 1.00. The van der Waals surface area contributed by atoms with Crippen molar-refractivity contribution < 1.29 is 19.2 Å². The van der Waals surface area contributed by atoms with E-state index in [4.69, 9.17) is 19.2 Å². The molecule has 2 aliphatic rings. The molecule has 2 saturated carbocycles. The van der Waals surface area contributed by atoms with E-state index in [1.165, 1.54) is 77.0 Å². The van der Waals surface area contributed by atoms with Gasteiger partial charge in [-0.25, -0.2) is 4.57 Å². The maximum atomic E-state index is 8.88. The average Bonchev–Trinajstić information content (AvgIpc) is 2.32. The van der Waals surface area contributed by atoms with Gasteiger partial charge in [-0.1, -0.05) is 77.0 Å². The highest BCUT2D eigenvalue weighted by Gasteiger charge is 2.00. The van der Waals surface area contributed by atoms with E-state index in [1.807, 2.05) is 0 Å². The molecule has 0 aromatic heterocycles. The molecule has 3 N–H and O–H groups in total. The lowest BCUT2D eigenvalue weighted by atomic mass is 10.0. The maximum absolute atomic E-state index is 8.88. The molecule has 0 atom stereocenters. The van der Waals surface area contributed by atoms with Crippen molar-refractivity contribution in [2.75, 3.05) is 0 Å². The molecule has 0 bridgehead atoms. The van der Waals surface area contributed by atoms with Crippen LogP contribution in [-0.2, 0) is 4.57 Å². The summed E-state index contributed by atoms with van der Waals surface area (Å²) >= 11 is 0. The first-order valence-electron chi connectivity index (χ1n) is 6.78. The first-order chi connectivity index (χ1) is 8.00. The SMILES string of the molecule is C1CCCCC1.C1CCCCC1.O=P(O)(O)O. The van der Waals surface area contributed by atoms with E-state index in [-0.39, 0.29) is 0 Å². The molecule has 0 saturated heterocycles. The van der Waals surface area contributed by atoms with Crippen molar-refractivity contribution in [3.05, 3.63) is 0 Å². The highest BCUT2D eigenvalue weighted by Crippen LogP contribution is 2.25. The molecule has 2 aliphatic carbocycles. The van der Waals surface area contributed by atoms with E-state index < -0.39 is 7.82 Å². The summed E-state index contributed by atoms with van der Waals surface area (Å²) in [6.07, 6.45) is 18.0. The van der Waals surface area contributed by atoms with Crippen LogP contribution in [0.15, 0.2) is 0 Å². The van der Waals surface area contributed by atoms with E-state index in [1.54, 1.807) is 0 Å². The summed E-state index contributed by atoms with van der Waals surface area (Å²) in [4.78, 5) is 21.6. The van der Waals surface area contributed by atoms with E-state index in [0.717, 1.165) is 0 Å². The summed E-state index contributed by atoms with van der Waals surface area (Å²) in [5.41, 5.74) is 0. The minimum Gasteiger partial charge on any atom is -0.303 e. The molecule has 0 aromatic rings. The quantitative estimate of drug-likeness (QED) is 0.583. The van der Waals surface area contributed by atoms with Crippen molar-refractivity contribution in [3.8, 4) is 0 Å². The Morgan fingerprint density at radius 3 is 0.588 bits per heavy atom. The van der Waals surface area contributed by atoms with Gasteiger partial charge in [0.25, 0.3) is 0 Å². The molecule has 2 rings (SSSR count). The zero-order valence-corrected chi connectivity index (χ0v) is 11.6. The van der Waals surface area contributed by atoms with E-state index in [2.05, 4.69) is 0 Å². The third-order valence-electron chi connectivity index (χ3n) is 3.00. The first kappa shape index (κ1) is 17.1. The van der Waals surface area contributed by atoms with Gasteiger partial charge in [0.2, 0.25) is 0 Å². The smallest absolute Gasteiger partial charge is 0.303 e. The Bertz CT molecular complexity index is 151. The van der Waals surface area contributed by atoms with E-state index in [0.29, 0.717) is 0 Å². The fourth-order valence-corrected chi connectivity index (χ4v) is 2.12. The minimum atomic E-state index is -4.64. The summed E-state index contributed by atoms with van der Waals surface area (Å²) < 4.78 is 8.88. The van der Waals surface area contributed by atoms with Crippen LogP contribution in [0.4, 0.5) is 0 Å². The second-order valence-corrected chi connectivity index (χ2v) is 5.78. The molecule has 5 heteroatoms. The number of phosphoric acid groups is 1. The molecule has 0 radical (unpaired) electrons. The molecular formula is C12H27O4P. The largest absolute Gasteiger partial charge is 0.466 e. The van der Waals surface area contributed by atoms with Gasteiger partial charge in [-0.15, -0.1) is 0 Å². The molecule has 0 aromatic carbocycles. The van der Waals surface area contributed by atoms with Crippen LogP contribution in [-0.4, -0.2) is 14.7 Å². The Balaban J connectivity index is 0.000000228. The maximum Gasteiger partial charge on any atom is 0.466 e. The molecule has 0 amide bonds. The van der Waals surface area contributed by atoms with Crippen molar-refractivity contribution in [1.29, 1.82) is 0 Å². The topological polar surface area (TPSA) is 77.8 Å². The van der Waals surface area contributed by atoms with Gasteiger partial charge in [0.15, 0.2) is 0 Å². The lowest BCUT2D eigenvalue weighted by molar-refractivity contribution is 0.275. The lowest BCUT2D eigenvalue weighted by Gasteiger charge is -2.05. The Morgan fingerprint density at radius 1 is 0.471 bits per heavy atom. The van der Waals surface area contributed by atoms with E-state index >= 15 is 0 Å². The summed E-state index contributed by atoms with van der Waals surface area (Å²) in [6, 6.07) is 0. The van der Waals surface area contributed by atoms with Crippen molar-refractivity contribution >= 4 is 7.82 Å².